The summed E-state index contributed by atoms with van der Waals surface area (Å²) in [6, 6.07) is 2.54. The zero-order valence-corrected chi connectivity index (χ0v) is 13.8. The van der Waals surface area contributed by atoms with E-state index in [0.717, 1.165) is 12.2 Å². The van der Waals surface area contributed by atoms with E-state index in [9.17, 15) is 4.79 Å². The summed E-state index contributed by atoms with van der Waals surface area (Å²) >= 11 is 0. The fourth-order valence-corrected chi connectivity index (χ4v) is 3.88. The first-order valence-electron chi connectivity index (χ1n) is 8.72. The van der Waals surface area contributed by atoms with Gasteiger partial charge in [0.1, 0.15) is 5.69 Å². The lowest BCUT2D eigenvalue weighted by Crippen LogP contribution is -2.51. The predicted octanol–water partition coefficient (Wildman–Crippen LogP) is 2.53. The molecular weight excluding hydrogens is 276 g/mol. The Hall–Kier alpha value is -1.36. The van der Waals surface area contributed by atoms with Crippen molar-refractivity contribution < 1.29 is 4.79 Å². The summed E-state index contributed by atoms with van der Waals surface area (Å²) < 4.78 is 0. The molecule has 1 amide bonds. The summed E-state index contributed by atoms with van der Waals surface area (Å²) in [7, 11) is 0. The molecule has 2 aliphatic heterocycles. The average Bonchev–Trinajstić information content (AvgIpc) is 3.03. The number of carbonyl (C=O) groups is 1. The van der Waals surface area contributed by atoms with E-state index in [4.69, 9.17) is 0 Å². The summed E-state index contributed by atoms with van der Waals surface area (Å²) in [6.45, 7) is 7.45. The van der Waals surface area contributed by atoms with Crippen LogP contribution in [0.25, 0.3) is 0 Å². The summed E-state index contributed by atoms with van der Waals surface area (Å²) in [5.41, 5.74) is 1.53. The van der Waals surface area contributed by atoms with Crippen molar-refractivity contribution in [3.63, 3.8) is 0 Å². The number of rotatable bonds is 4. The summed E-state index contributed by atoms with van der Waals surface area (Å²) in [5, 5.41) is 10.2. The van der Waals surface area contributed by atoms with Crippen molar-refractivity contribution in [3.8, 4) is 0 Å². The van der Waals surface area contributed by atoms with Crippen LogP contribution in [-0.4, -0.2) is 46.7 Å². The van der Waals surface area contributed by atoms with Gasteiger partial charge in [0.05, 0.1) is 0 Å². The zero-order chi connectivity index (χ0) is 15.5. The SMILES string of the molecule is CC(C)c1cc(C(=O)NC[C@@H]2CCCN3CCCCC23)n[nH]1. The molecule has 2 fully saturated rings. The van der Waals surface area contributed by atoms with Crippen LogP contribution in [0, 0.1) is 5.92 Å². The number of nitrogens with one attached hydrogen (secondary N) is 2. The van der Waals surface area contributed by atoms with E-state index in [1.807, 2.05) is 6.07 Å². The molecule has 3 rings (SSSR count). The van der Waals surface area contributed by atoms with Crippen molar-refractivity contribution in [2.45, 2.75) is 57.9 Å². The largest absolute Gasteiger partial charge is 0.350 e. The molecule has 2 atom stereocenters. The molecule has 5 nitrogen and oxygen atoms in total. The maximum atomic E-state index is 12.3. The van der Waals surface area contributed by atoms with Gasteiger partial charge >= 0.3 is 0 Å². The number of aromatic nitrogens is 2. The Morgan fingerprint density at radius 3 is 2.95 bits per heavy atom. The Kier molecular flexibility index (Phi) is 4.81. The Morgan fingerprint density at radius 2 is 2.18 bits per heavy atom. The van der Waals surface area contributed by atoms with E-state index in [1.165, 1.54) is 45.2 Å². The van der Waals surface area contributed by atoms with Crippen LogP contribution in [0.1, 0.15) is 68.1 Å². The van der Waals surface area contributed by atoms with Gasteiger partial charge in [-0.2, -0.15) is 5.10 Å². The number of carbonyl (C=O) groups excluding carboxylic acids is 1. The molecule has 2 aliphatic rings. The number of hydrogen-bond donors (Lipinski definition) is 2. The molecule has 0 bridgehead atoms. The molecule has 0 saturated carbocycles. The van der Waals surface area contributed by atoms with E-state index in [1.54, 1.807) is 0 Å². The van der Waals surface area contributed by atoms with Gasteiger partial charge < -0.3 is 10.2 Å². The van der Waals surface area contributed by atoms with E-state index >= 15 is 0 Å². The first-order chi connectivity index (χ1) is 10.6. The first kappa shape index (κ1) is 15.5. The van der Waals surface area contributed by atoms with Crippen LogP contribution in [0.2, 0.25) is 0 Å². The van der Waals surface area contributed by atoms with Gasteiger partial charge in [-0.05, 0) is 56.7 Å². The minimum atomic E-state index is -0.0453. The average molecular weight is 304 g/mol. The molecule has 1 aromatic heterocycles. The smallest absolute Gasteiger partial charge is 0.271 e. The fourth-order valence-electron chi connectivity index (χ4n) is 3.88. The van der Waals surface area contributed by atoms with Gasteiger partial charge in [-0.1, -0.05) is 20.3 Å². The Balaban J connectivity index is 1.55. The summed E-state index contributed by atoms with van der Waals surface area (Å²) in [6.07, 6.45) is 6.46. The minimum Gasteiger partial charge on any atom is -0.350 e. The molecule has 0 aromatic carbocycles. The van der Waals surface area contributed by atoms with Crippen molar-refractivity contribution in [3.05, 3.63) is 17.5 Å². The van der Waals surface area contributed by atoms with Crippen molar-refractivity contribution in [1.82, 2.24) is 20.4 Å². The fraction of sp³-hybridized carbons (Fsp3) is 0.765. The minimum absolute atomic E-state index is 0.0453. The molecule has 0 radical (unpaired) electrons. The molecule has 1 unspecified atom stereocenters. The van der Waals surface area contributed by atoms with Crippen LogP contribution < -0.4 is 5.32 Å². The van der Waals surface area contributed by atoms with Gasteiger partial charge in [0.2, 0.25) is 0 Å². The number of hydrogen-bond acceptors (Lipinski definition) is 3. The number of amides is 1. The Morgan fingerprint density at radius 1 is 1.36 bits per heavy atom. The van der Waals surface area contributed by atoms with Crippen LogP contribution >= 0.6 is 0 Å². The predicted molar refractivity (Wildman–Crippen MR) is 86.9 cm³/mol. The van der Waals surface area contributed by atoms with Crippen molar-refractivity contribution in [1.29, 1.82) is 0 Å². The van der Waals surface area contributed by atoms with Gasteiger partial charge in [0.25, 0.3) is 5.91 Å². The summed E-state index contributed by atoms with van der Waals surface area (Å²) in [5.74, 6) is 0.917. The highest BCUT2D eigenvalue weighted by molar-refractivity contribution is 5.92. The number of piperidine rings is 2. The highest BCUT2D eigenvalue weighted by Gasteiger charge is 2.33. The maximum Gasteiger partial charge on any atom is 0.271 e. The van der Waals surface area contributed by atoms with Crippen molar-refractivity contribution in [2.24, 2.45) is 5.92 Å². The molecule has 122 valence electrons. The number of aromatic amines is 1. The second kappa shape index (κ2) is 6.82. The Bertz CT molecular complexity index is 509. The van der Waals surface area contributed by atoms with E-state index < -0.39 is 0 Å². The van der Waals surface area contributed by atoms with Crippen LogP contribution in [0.15, 0.2) is 6.07 Å². The van der Waals surface area contributed by atoms with Crippen molar-refractivity contribution in [2.75, 3.05) is 19.6 Å². The quantitative estimate of drug-likeness (QED) is 0.898. The van der Waals surface area contributed by atoms with Gasteiger partial charge in [0.15, 0.2) is 0 Å². The zero-order valence-electron chi connectivity index (χ0n) is 13.8. The monoisotopic (exact) mass is 304 g/mol. The lowest BCUT2D eigenvalue weighted by molar-refractivity contribution is 0.0575. The Labute approximate surface area is 132 Å². The van der Waals surface area contributed by atoms with E-state index in [0.29, 0.717) is 23.6 Å². The molecule has 22 heavy (non-hydrogen) atoms. The second-order valence-electron chi connectivity index (χ2n) is 7.07. The van der Waals surface area contributed by atoms with Crippen molar-refractivity contribution >= 4 is 5.91 Å². The second-order valence-corrected chi connectivity index (χ2v) is 7.07. The molecule has 0 spiro atoms. The molecular formula is C17H28N4O. The molecule has 2 saturated heterocycles. The number of H-pyrrole nitrogens is 1. The van der Waals surface area contributed by atoms with Crippen LogP contribution in [0.3, 0.4) is 0 Å². The third kappa shape index (κ3) is 3.35. The molecule has 1 aromatic rings. The molecule has 2 N–H and O–H groups in total. The third-order valence-corrected chi connectivity index (χ3v) is 5.21. The van der Waals surface area contributed by atoms with E-state index in [2.05, 4.69) is 34.3 Å². The normalized spacial score (nSPS) is 26.0. The van der Waals surface area contributed by atoms with Gasteiger partial charge in [0, 0.05) is 18.3 Å². The van der Waals surface area contributed by atoms with E-state index in [-0.39, 0.29) is 5.91 Å². The molecule has 3 heterocycles. The lowest BCUT2D eigenvalue weighted by Gasteiger charge is -2.44. The standard InChI is InChI=1S/C17H28N4O/c1-12(2)14-10-15(20-19-14)17(22)18-11-13-6-5-9-21-8-4-3-7-16(13)21/h10,12-13,16H,3-9,11H2,1-2H3,(H,18,22)(H,19,20)/t13-,16?/m0/s1. The highest BCUT2D eigenvalue weighted by atomic mass is 16.1. The highest BCUT2D eigenvalue weighted by Crippen LogP contribution is 2.30. The van der Waals surface area contributed by atoms with Gasteiger partial charge in [-0.3, -0.25) is 9.89 Å². The molecule has 5 heteroatoms. The van der Waals surface area contributed by atoms with Crippen LogP contribution in [0.4, 0.5) is 0 Å². The first-order valence-corrected chi connectivity index (χ1v) is 8.72. The third-order valence-electron chi connectivity index (χ3n) is 5.21. The topological polar surface area (TPSA) is 61.0 Å². The lowest BCUT2D eigenvalue weighted by atomic mass is 9.83. The molecule has 0 aliphatic carbocycles. The maximum absolute atomic E-state index is 12.3. The number of fused-ring (bicyclic) bond motifs is 1. The van der Waals surface area contributed by atoms with Crippen LogP contribution in [0.5, 0.6) is 0 Å². The van der Waals surface area contributed by atoms with Crippen LogP contribution in [-0.2, 0) is 0 Å². The summed E-state index contributed by atoms with van der Waals surface area (Å²) in [4.78, 5) is 14.9. The number of nitrogens with zero attached hydrogens (tertiary/aromatic N) is 2. The van der Waals surface area contributed by atoms with Gasteiger partial charge in [-0.25, -0.2) is 0 Å². The van der Waals surface area contributed by atoms with Gasteiger partial charge in [-0.15, -0.1) is 0 Å².